The number of nitrogens with zero attached hydrogens (tertiary/aromatic N) is 3. The van der Waals surface area contributed by atoms with Gasteiger partial charge in [0.05, 0.1) is 19.6 Å². The molecule has 0 fully saturated rings. The van der Waals surface area contributed by atoms with Gasteiger partial charge in [0.25, 0.3) is 0 Å². The van der Waals surface area contributed by atoms with Gasteiger partial charge < -0.3 is 60.2 Å². The zero-order chi connectivity index (χ0) is 47.6. The normalized spacial score (nSPS) is 12.8. The maximum absolute atomic E-state index is 13.7. The Hall–Kier alpha value is -8.40. The maximum Gasteiger partial charge on any atom is 0.342 e. The van der Waals surface area contributed by atoms with Crippen molar-refractivity contribution in [3.8, 4) is 34.5 Å². The molecule has 66 heavy (non-hydrogen) atoms. The van der Waals surface area contributed by atoms with Gasteiger partial charge in [0, 0.05) is 0 Å². The maximum atomic E-state index is 13.7. The van der Waals surface area contributed by atoms with E-state index in [1.807, 2.05) is 0 Å². The van der Waals surface area contributed by atoms with Crippen molar-refractivity contribution < 1.29 is 74.6 Å². The number of carbonyl (C=O) groups excluding carboxylic acids is 3. The standard InChI is InChI=1S/C45H39N3O18/c49-28-4-1-22-13-37(55)34(10-25(22)7-28)40(58)64-19-31(52)16-46-43(61)47(17-32(53)20-65-41(59)35-11-26-8-29(50)5-2-23(26)14-38(35)56)45(63)48(44(46)62)18-33(54)21-66-42(60)36-12-27-9-30(51)6-3-24(27)15-39(36)57/h1-15,31-33,49-57H,16-21H2. The molecule has 7 rings (SSSR count). The SMILES string of the molecule is O=C(OCC(O)Cn1c(=O)n(CC(O)COC(=O)c2cc3cc(O)ccc3cc2O)c(=O)n(CC(O)COC(=O)c2cc3cc(O)ccc3cc2O)c1=O)c1cc2cc(O)ccc2cc1O. The molecule has 1 aromatic heterocycles. The van der Waals surface area contributed by atoms with Crippen LogP contribution in [0.5, 0.6) is 34.5 Å². The molecule has 9 N–H and O–H groups in total. The van der Waals surface area contributed by atoms with E-state index >= 15 is 0 Å². The fraction of sp³-hybridized carbons (Fsp3) is 0.200. The highest BCUT2D eigenvalue weighted by Gasteiger charge is 2.25. The molecule has 3 unspecified atom stereocenters. The van der Waals surface area contributed by atoms with E-state index in [1.165, 1.54) is 91.0 Å². The number of phenols is 6. The number of esters is 3. The predicted octanol–water partition coefficient (Wildman–Crippen LogP) is 1.52. The van der Waals surface area contributed by atoms with Crippen LogP contribution in [0.15, 0.2) is 105 Å². The molecule has 6 aromatic carbocycles. The number of carbonyl (C=O) groups is 3. The number of benzene rings is 6. The third-order valence-electron chi connectivity index (χ3n) is 10.3. The van der Waals surface area contributed by atoms with Gasteiger partial charge in [-0.05, 0) is 105 Å². The van der Waals surface area contributed by atoms with Crippen LogP contribution in [0.3, 0.4) is 0 Å². The lowest BCUT2D eigenvalue weighted by atomic mass is 10.1. The first-order valence-corrected chi connectivity index (χ1v) is 19.7. The molecule has 3 atom stereocenters. The smallest absolute Gasteiger partial charge is 0.342 e. The van der Waals surface area contributed by atoms with Crippen LogP contribution in [-0.2, 0) is 33.8 Å². The Kier molecular flexibility index (Phi) is 13.0. The predicted molar refractivity (Wildman–Crippen MR) is 230 cm³/mol. The van der Waals surface area contributed by atoms with Crippen molar-refractivity contribution in [2.75, 3.05) is 19.8 Å². The lowest BCUT2D eigenvalue weighted by Crippen LogP contribution is -2.57. The zero-order valence-corrected chi connectivity index (χ0v) is 34.2. The minimum atomic E-state index is -1.85. The average molecular weight is 910 g/mol. The fourth-order valence-corrected chi connectivity index (χ4v) is 7.00. The van der Waals surface area contributed by atoms with Crippen LogP contribution in [0.2, 0.25) is 0 Å². The molecule has 0 saturated carbocycles. The molecule has 0 bridgehead atoms. The number of hydrogen-bond donors (Lipinski definition) is 9. The molecular formula is C45H39N3O18. The highest BCUT2D eigenvalue weighted by molar-refractivity contribution is 6.00. The van der Waals surface area contributed by atoms with Crippen molar-refractivity contribution in [1.29, 1.82) is 0 Å². The first-order chi connectivity index (χ1) is 31.4. The molecule has 7 aromatic rings. The second-order valence-electron chi connectivity index (χ2n) is 15.1. The van der Waals surface area contributed by atoms with Crippen molar-refractivity contribution in [3.63, 3.8) is 0 Å². The molecule has 1 heterocycles. The van der Waals surface area contributed by atoms with Gasteiger partial charge in [0.2, 0.25) is 0 Å². The molecule has 0 aliphatic carbocycles. The van der Waals surface area contributed by atoms with Crippen molar-refractivity contribution >= 4 is 50.2 Å². The van der Waals surface area contributed by atoms with E-state index in [4.69, 9.17) is 14.2 Å². The molecule has 0 saturated heterocycles. The van der Waals surface area contributed by atoms with E-state index in [9.17, 15) is 74.7 Å². The Labute approximate surface area is 369 Å². The van der Waals surface area contributed by atoms with Crippen LogP contribution >= 0.6 is 0 Å². The highest BCUT2D eigenvalue weighted by atomic mass is 16.6. The van der Waals surface area contributed by atoms with E-state index in [0.717, 1.165) is 0 Å². The Morgan fingerprint density at radius 3 is 0.909 bits per heavy atom. The summed E-state index contributed by atoms with van der Waals surface area (Å²) in [6.45, 7) is -5.56. The molecular weight excluding hydrogens is 870 g/mol. The van der Waals surface area contributed by atoms with Gasteiger partial charge >= 0.3 is 35.0 Å². The summed E-state index contributed by atoms with van der Waals surface area (Å²) < 4.78 is 16.3. The summed E-state index contributed by atoms with van der Waals surface area (Å²) in [5.41, 5.74) is -5.34. The quantitative estimate of drug-likeness (QED) is 0.0520. The Balaban J connectivity index is 1.10. The first kappa shape index (κ1) is 45.6. The summed E-state index contributed by atoms with van der Waals surface area (Å²) in [5.74, 6) is -5.34. The van der Waals surface area contributed by atoms with Gasteiger partial charge in [-0.25, -0.2) is 42.5 Å². The summed E-state index contributed by atoms with van der Waals surface area (Å²) in [5, 5.41) is 96.0. The summed E-state index contributed by atoms with van der Waals surface area (Å²) in [7, 11) is 0. The minimum Gasteiger partial charge on any atom is -0.508 e. The zero-order valence-electron chi connectivity index (χ0n) is 34.2. The van der Waals surface area contributed by atoms with E-state index in [1.54, 1.807) is 0 Å². The largest absolute Gasteiger partial charge is 0.508 e. The first-order valence-electron chi connectivity index (χ1n) is 19.7. The second-order valence-corrected chi connectivity index (χ2v) is 15.1. The molecule has 0 aliphatic rings. The number of phenolic OH excluding ortho intramolecular Hbond substituents is 6. The number of rotatable bonds is 15. The molecule has 342 valence electrons. The van der Waals surface area contributed by atoms with Crippen LogP contribution < -0.4 is 17.1 Å². The second kappa shape index (κ2) is 18.8. The van der Waals surface area contributed by atoms with E-state index in [-0.39, 0.29) is 33.9 Å². The summed E-state index contributed by atoms with van der Waals surface area (Å²) >= 11 is 0. The van der Waals surface area contributed by atoms with Crippen LogP contribution in [0.4, 0.5) is 0 Å². The number of aromatic nitrogens is 3. The Morgan fingerprint density at radius 1 is 0.394 bits per heavy atom. The van der Waals surface area contributed by atoms with Crippen molar-refractivity contribution in [1.82, 2.24) is 13.7 Å². The van der Waals surface area contributed by atoms with Gasteiger partial charge in [0.1, 0.15) is 89.3 Å². The number of aliphatic hydroxyl groups is 3. The van der Waals surface area contributed by atoms with Crippen LogP contribution in [0.1, 0.15) is 31.1 Å². The van der Waals surface area contributed by atoms with Crippen molar-refractivity contribution in [2.45, 2.75) is 37.9 Å². The number of ether oxygens (including phenoxy) is 3. The van der Waals surface area contributed by atoms with E-state index < -0.39 is 110 Å². The van der Waals surface area contributed by atoms with Gasteiger partial charge in [-0.1, -0.05) is 18.2 Å². The minimum absolute atomic E-state index is 0.129. The summed E-state index contributed by atoms with van der Waals surface area (Å²) in [4.78, 5) is 80.1. The van der Waals surface area contributed by atoms with Gasteiger partial charge in [0.15, 0.2) is 0 Å². The van der Waals surface area contributed by atoms with Crippen molar-refractivity contribution in [3.05, 3.63) is 139 Å². The average Bonchev–Trinajstić information content (AvgIpc) is 3.27. The molecule has 0 spiro atoms. The third-order valence-corrected chi connectivity index (χ3v) is 10.3. The van der Waals surface area contributed by atoms with Crippen LogP contribution in [0, 0.1) is 0 Å². The monoisotopic (exact) mass is 909 g/mol. The number of aliphatic hydroxyl groups excluding tert-OH is 3. The summed E-state index contributed by atoms with van der Waals surface area (Å²) in [6.07, 6.45) is -5.55. The van der Waals surface area contributed by atoms with Crippen LogP contribution in [0.25, 0.3) is 32.3 Å². The molecule has 0 amide bonds. The summed E-state index contributed by atoms with van der Waals surface area (Å²) in [6, 6.07) is 19.9. The molecule has 0 radical (unpaired) electrons. The molecule has 21 nitrogen and oxygen atoms in total. The Bertz CT molecular complexity index is 2880. The lowest BCUT2D eigenvalue weighted by molar-refractivity contribution is 0.0167. The van der Waals surface area contributed by atoms with Gasteiger partial charge in [-0.15, -0.1) is 0 Å². The number of fused-ring (bicyclic) bond motifs is 3. The van der Waals surface area contributed by atoms with Crippen LogP contribution in [-0.4, -0.2) is 116 Å². The molecule has 0 aliphatic heterocycles. The Morgan fingerprint density at radius 2 is 0.652 bits per heavy atom. The van der Waals surface area contributed by atoms with E-state index in [2.05, 4.69) is 0 Å². The highest BCUT2D eigenvalue weighted by Crippen LogP contribution is 2.31. The third kappa shape index (κ3) is 9.87. The molecule has 21 heteroatoms. The topological polar surface area (TPSA) is 327 Å². The fourth-order valence-electron chi connectivity index (χ4n) is 7.00. The number of hydrogen-bond acceptors (Lipinski definition) is 18. The van der Waals surface area contributed by atoms with Gasteiger partial charge in [-0.2, -0.15) is 0 Å². The van der Waals surface area contributed by atoms with Gasteiger partial charge in [-0.3, -0.25) is 0 Å². The number of aromatic hydroxyl groups is 6. The lowest BCUT2D eigenvalue weighted by Gasteiger charge is -2.19. The van der Waals surface area contributed by atoms with E-state index in [0.29, 0.717) is 46.0 Å². The van der Waals surface area contributed by atoms with Crippen molar-refractivity contribution in [2.24, 2.45) is 0 Å².